The van der Waals surface area contributed by atoms with Crippen molar-refractivity contribution in [3.63, 3.8) is 0 Å². The smallest absolute Gasteiger partial charge is 0.343 e. The van der Waals surface area contributed by atoms with Gasteiger partial charge in [-0.15, -0.1) is 0 Å². The van der Waals surface area contributed by atoms with Crippen molar-refractivity contribution in [1.29, 1.82) is 0 Å². The van der Waals surface area contributed by atoms with E-state index in [0.29, 0.717) is 23.4 Å². The van der Waals surface area contributed by atoms with Crippen LogP contribution in [0.5, 0.6) is 0 Å². The van der Waals surface area contributed by atoms with Gasteiger partial charge in [-0.25, -0.2) is 9.48 Å². The van der Waals surface area contributed by atoms with E-state index in [4.69, 9.17) is 4.74 Å². The summed E-state index contributed by atoms with van der Waals surface area (Å²) in [5.74, 6) is 0.183. The lowest BCUT2D eigenvalue weighted by atomic mass is 9.73. The minimum Gasteiger partial charge on any atom is -0.465 e. The highest BCUT2D eigenvalue weighted by molar-refractivity contribution is 6.01. The molecule has 0 spiro atoms. The van der Waals surface area contributed by atoms with Crippen molar-refractivity contribution in [2.75, 3.05) is 12.4 Å². The molecule has 1 atom stereocenters. The van der Waals surface area contributed by atoms with E-state index in [1.165, 1.54) is 13.3 Å². The monoisotopic (exact) mass is 352 g/mol. The third kappa shape index (κ3) is 2.51. The first-order chi connectivity index (χ1) is 12.4. The number of anilines is 1. The van der Waals surface area contributed by atoms with Crippen LogP contribution in [0.2, 0.25) is 0 Å². The number of pyridine rings is 1. The molecule has 2 aromatic heterocycles. The summed E-state index contributed by atoms with van der Waals surface area (Å²) in [5.41, 5.74) is 2.61. The molecule has 0 amide bonds. The summed E-state index contributed by atoms with van der Waals surface area (Å²) >= 11 is 0. The fourth-order valence-corrected chi connectivity index (χ4v) is 3.82. The molecule has 0 aromatic carbocycles. The van der Waals surface area contributed by atoms with E-state index in [1.54, 1.807) is 17.1 Å². The van der Waals surface area contributed by atoms with Crippen LogP contribution in [-0.4, -0.2) is 33.6 Å². The van der Waals surface area contributed by atoms with Crippen molar-refractivity contribution >= 4 is 17.6 Å². The second kappa shape index (κ2) is 5.79. The number of nitrogens with one attached hydrogen (secondary N) is 1. The molecule has 4 rings (SSSR count). The fraction of sp³-hybridized carbons (Fsp3) is 0.368. The van der Waals surface area contributed by atoms with Crippen LogP contribution in [0.1, 0.15) is 48.7 Å². The molecule has 0 bridgehead atoms. The molecular formula is C19H20N4O3. The van der Waals surface area contributed by atoms with E-state index in [2.05, 4.69) is 29.2 Å². The molecule has 26 heavy (non-hydrogen) atoms. The number of hydrogen-bond acceptors (Lipinski definition) is 6. The van der Waals surface area contributed by atoms with Crippen LogP contribution < -0.4 is 5.32 Å². The van der Waals surface area contributed by atoms with Crippen LogP contribution in [0.15, 0.2) is 42.0 Å². The summed E-state index contributed by atoms with van der Waals surface area (Å²) in [7, 11) is 1.34. The summed E-state index contributed by atoms with van der Waals surface area (Å²) in [4.78, 5) is 29.3. The largest absolute Gasteiger partial charge is 0.465 e. The Morgan fingerprint density at radius 3 is 2.85 bits per heavy atom. The Kier molecular flexibility index (Phi) is 3.68. The van der Waals surface area contributed by atoms with Crippen molar-refractivity contribution in [3.8, 4) is 0 Å². The molecule has 7 heteroatoms. The van der Waals surface area contributed by atoms with Crippen molar-refractivity contribution in [2.45, 2.75) is 32.7 Å². The van der Waals surface area contributed by atoms with Gasteiger partial charge in [0.25, 0.3) is 0 Å². The molecule has 1 unspecified atom stereocenters. The Morgan fingerprint density at radius 2 is 2.15 bits per heavy atom. The summed E-state index contributed by atoms with van der Waals surface area (Å²) in [6.45, 7) is 4.14. The zero-order valence-electron chi connectivity index (χ0n) is 14.9. The predicted molar refractivity (Wildman–Crippen MR) is 94.6 cm³/mol. The normalized spacial score (nSPS) is 20.9. The number of Topliss-reactive ketones (excluding diaryl/α,β-unsaturated/α-hetero) is 1. The average Bonchev–Trinajstić information content (AvgIpc) is 3.02. The number of methoxy groups -OCH3 is 1. The number of ketones is 1. The van der Waals surface area contributed by atoms with Gasteiger partial charge in [0.05, 0.1) is 13.3 Å². The number of hydrogen-bond donors (Lipinski definition) is 1. The fourth-order valence-electron chi connectivity index (χ4n) is 3.82. The van der Waals surface area contributed by atoms with Gasteiger partial charge in [-0.05, 0) is 23.5 Å². The molecule has 1 aliphatic heterocycles. The summed E-state index contributed by atoms with van der Waals surface area (Å²) in [6.07, 6.45) is 6.10. The van der Waals surface area contributed by atoms with Crippen LogP contribution in [0.3, 0.4) is 0 Å². The molecule has 0 radical (unpaired) electrons. The maximum absolute atomic E-state index is 13.0. The Hall–Kier alpha value is -2.96. The second-order valence-corrected chi connectivity index (χ2v) is 7.49. The highest BCUT2D eigenvalue weighted by atomic mass is 16.5. The van der Waals surface area contributed by atoms with Gasteiger partial charge in [-0.2, -0.15) is 5.10 Å². The van der Waals surface area contributed by atoms with E-state index in [-0.39, 0.29) is 11.2 Å². The highest BCUT2D eigenvalue weighted by Gasteiger charge is 2.42. The molecule has 3 heterocycles. The highest BCUT2D eigenvalue weighted by Crippen LogP contribution is 2.46. The maximum Gasteiger partial charge on any atom is 0.343 e. The molecule has 0 saturated heterocycles. The lowest BCUT2D eigenvalue weighted by Crippen LogP contribution is -2.36. The zero-order valence-corrected chi connectivity index (χ0v) is 14.9. The molecule has 1 aliphatic carbocycles. The van der Waals surface area contributed by atoms with Crippen molar-refractivity contribution < 1.29 is 14.3 Å². The first-order valence-electron chi connectivity index (χ1n) is 8.50. The van der Waals surface area contributed by atoms with Crippen molar-refractivity contribution in [2.24, 2.45) is 5.41 Å². The minimum absolute atomic E-state index is 0.0957. The van der Waals surface area contributed by atoms with Gasteiger partial charge >= 0.3 is 5.97 Å². The predicted octanol–water partition coefficient (Wildman–Crippen LogP) is 2.72. The van der Waals surface area contributed by atoms with E-state index >= 15 is 0 Å². The third-order valence-electron chi connectivity index (χ3n) is 4.91. The van der Waals surface area contributed by atoms with E-state index < -0.39 is 12.0 Å². The SMILES string of the molecule is COC(=O)c1cnn2c1NC1=C(C(=O)CC(C)(C)C1)C2c1cccnc1. The molecule has 0 fully saturated rings. The van der Waals surface area contributed by atoms with Crippen LogP contribution in [0.4, 0.5) is 5.82 Å². The Balaban J connectivity index is 1.92. The number of carbonyl (C=O) groups excluding carboxylic acids is 2. The molecule has 7 nitrogen and oxygen atoms in total. The number of nitrogens with zero attached hydrogens (tertiary/aromatic N) is 3. The first-order valence-corrected chi connectivity index (χ1v) is 8.50. The topological polar surface area (TPSA) is 86.1 Å². The lowest BCUT2D eigenvalue weighted by molar-refractivity contribution is -0.118. The van der Waals surface area contributed by atoms with Gasteiger partial charge < -0.3 is 10.1 Å². The Labute approximate surface area is 151 Å². The Bertz CT molecular complexity index is 928. The third-order valence-corrected chi connectivity index (χ3v) is 4.91. The van der Waals surface area contributed by atoms with Crippen molar-refractivity contribution in [3.05, 3.63) is 53.1 Å². The minimum atomic E-state index is -0.464. The number of aromatic nitrogens is 3. The maximum atomic E-state index is 13.0. The number of esters is 1. The van der Waals surface area contributed by atoms with Crippen LogP contribution in [0.25, 0.3) is 0 Å². The Morgan fingerprint density at radius 1 is 1.35 bits per heavy atom. The molecule has 0 saturated carbocycles. The zero-order chi connectivity index (χ0) is 18.5. The first kappa shape index (κ1) is 16.5. The second-order valence-electron chi connectivity index (χ2n) is 7.49. The van der Waals surface area contributed by atoms with E-state index in [0.717, 1.165) is 17.7 Å². The number of ether oxygens (including phenoxy) is 1. The lowest BCUT2D eigenvalue weighted by Gasteiger charge is -2.38. The standard InChI is InChI=1S/C19H20N4O3/c1-19(2)7-13-15(14(24)8-19)16(11-5-4-6-20-9-11)23-17(22-13)12(10-21-23)18(25)26-3/h4-6,9-10,16,22H,7-8H2,1-3H3. The van der Waals surface area contributed by atoms with Gasteiger partial charge in [-0.1, -0.05) is 19.9 Å². The van der Waals surface area contributed by atoms with E-state index in [1.807, 2.05) is 12.1 Å². The van der Waals surface area contributed by atoms with Crippen molar-refractivity contribution in [1.82, 2.24) is 14.8 Å². The van der Waals surface area contributed by atoms with Gasteiger partial charge in [0.1, 0.15) is 17.4 Å². The van der Waals surface area contributed by atoms with Crippen LogP contribution >= 0.6 is 0 Å². The quantitative estimate of drug-likeness (QED) is 0.837. The number of carbonyl (C=O) groups is 2. The van der Waals surface area contributed by atoms with E-state index in [9.17, 15) is 9.59 Å². The summed E-state index contributed by atoms with van der Waals surface area (Å²) in [5, 5.41) is 7.67. The van der Waals surface area contributed by atoms with Gasteiger partial charge in [0, 0.05) is 30.1 Å². The van der Waals surface area contributed by atoms with Gasteiger partial charge in [0.2, 0.25) is 0 Å². The number of rotatable bonds is 2. The molecule has 2 aromatic rings. The molecular weight excluding hydrogens is 332 g/mol. The number of allylic oxidation sites excluding steroid dienone is 2. The number of fused-ring (bicyclic) bond motifs is 1. The molecule has 134 valence electrons. The van der Waals surface area contributed by atoms with Crippen LogP contribution in [-0.2, 0) is 9.53 Å². The molecule has 2 aliphatic rings. The summed E-state index contributed by atoms with van der Waals surface area (Å²) < 4.78 is 6.55. The molecule has 1 N–H and O–H groups in total. The van der Waals surface area contributed by atoms with Crippen LogP contribution in [0, 0.1) is 5.41 Å². The van der Waals surface area contributed by atoms with Gasteiger partial charge in [0.15, 0.2) is 5.78 Å². The van der Waals surface area contributed by atoms with Gasteiger partial charge in [-0.3, -0.25) is 9.78 Å². The average molecular weight is 352 g/mol. The summed E-state index contributed by atoms with van der Waals surface area (Å²) in [6, 6.07) is 3.35.